The van der Waals surface area contributed by atoms with Crippen LogP contribution in [0.5, 0.6) is 0 Å². The molecule has 16 heavy (non-hydrogen) atoms. The van der Waals surface area contributed by atoms with E-state index in [0.717, 1.165) is 11.8 Å². The molecule has 3 rings (SSSR count). The highest BCUT2D eigenvalue weighted by molar-refractivity contribution is 5.52. The molecule has 0 amide bonds. The number of anilines is 2. The summed E-state index contributed by atoms with van der Waals surface area (Å²) in [5.74, 6) is 2.48. The Balaban J connectivity index is 1.73. The molecule has 1 aromatic heterocycles. The van der Waals surface area contributed by atoms with Gasteiger partial charge in [-0.2, -0.15) is 0 Å². The molecule has 0 atom stereocenters. The van der Waals surface area contributed by atoms with E-state index in [1.165, 1.54) is 44.5 Å². The molecule has 0 unspecified atom stereocenters. The van der Waals surface area contributed by atoms with Gasteiger partial charge in [0, 0.05) is 31.0 Å². The maximum atomic E-state index is 5.75. The zero-order valence-electron chi connectivity index (χ0n) is 9.60. The highest BCUT2D eigenvalue weighted by Gasteiger charge is 2.29. The number of nitrogen functional groups attached to an aromatic ring is 1. The maximum Gasteiger partial charge on any atom is 0.125 e. The van der Waals surface area contributed by atoms with Crippen LogP contribution in [-0.2, 0) is 0 Å². The van der Waals surface area contributed by atoms with Crippen molar-refractivity contribution < 1.29 is 0 Å². The molecule has 2 aliphatic carbocycles. The zero-order chi connectivity index (χ0) is 11.0. The fourth-order valence-corrected chi connectivity index (χ4v) is 2.14. The molecule has 1 heterocycles. The minimum absolute atomic E-state index is 0.633. The second kappa shape index (κ2) is 3.96. The van der Waals surface area contributed by atoms with Crippen LogP contribution in [0.25, 0.3) is 0 Å². The summed E-state index contributed by atoms with van der Waals surface area (Å²) in [4.78, 5) is 6.57. The number of hydrogen-bond acceptors (Lipinski definition) is 3. The Labute approximate surface area is 96.7 Å². The van der Waals surface area contributed by atoms with Crippen molar-refractivity contribution in [3.63, 3.8) is 0 Å². The molecule has 0 spiro atoms. The van der Waals surface area contributed by atoms with Crippen molar-refractivity contribution >= 4 is 11.5 Å². The number of pyridine rings is 1. The van der Waals surface area contributed by atoms with E-state index < -0.39 is 0 Å². The second-order valence-corrected chi connectivity index (χ2v) is 5.23. The lowest BCUT2D eigenvalue weighted by Gasteiger charge is -2.24. The van der Waals surface area contributed by atoms with Crippen molar-refractivity contribution in [1.82, 2.24) is 4.98 Å². The lowest BCUT2D eigenvalue weighted by atomic mass is 10.2. The molecule has 2 fully saturated rings. The van der Waals surface area contributed by atoms with Gasteiger partial charge in [0.25, 0.3) is 0 Å². The standard InChI is InChI=1S/C13H19N3/c14-13-7-12(5-6-15-13)16(8-10-1-2-10)9-11-3-4-11/h5-7,10-11H,1-4,8-9H2,(H2,14,15). The molecule has 0 saturated heterocycles. The van der Waals surface area contributed by atoms with Gasteiger partial charge in [-0.25, -0.2) is 4.98 Å². The third-order valence-electron chi connectivity index (χ3n) is 3.48. The van der Waals surface area contributed by atoms with Crippen LogP contribution in [0.15, 0.2) is 18.3 Å². The predicted octanol–water partition coefficient (Wildman–Crippen LogP) is 2.29. The number of nitrogens with zero attached hydrogens (tertiary/aromatic N) is 2. The van der Waals surface area contributed by atoms with Crippen molar-refractivity contribution in [3.8, 4) is 0 Å². The monoisotopic (exact) mass is 217 g/mol. The summed E-state index contributed by atoms with van der Waals surface area (Å²) in [7, 11) is 0. The topological polar surface area (TPSA) is 42.1 Å². The van der Waals surface area contributed by atoms with Crippen LogP contribution in [0.1, 0.15) is 25.7 Å². The Bertz CT molecular complexity index is 355. The van der Waals surface area contributed by atoms with Gasteiger partial charge in [0.15, 0.2) is 0 Å². The third kappa shape index (κ3) is 2.46. The van der Waals surface area contributed by atoms with Gasteiger partial charge in [-0.3, -0.25) is 0 Å². The fraction of sp³-hybridized carbons (Fsp3) is 0.615. The van der Waals surface area contributed by atoms with E-state index >= 15 is 0 Å². The molecule has 86 valence electrons. The molecule has 0 aromatic carbocycles. The summed E-state index contributed by atoms with van der Waals surface area (Å²) in [6.45, 7) is 2.42. The molecule has 0 radical (unpaired) electrons. The van der Waals surface area contributed by atoms with E-state index in [2.05, 4.69) is 16.0 Å². The lowest BCUT2D eigenvalue weighted by molar-refractivity contribution is 0.679. The zero-order valence-corrected chi connectivity index (χ0v) is 9.60. The first kappa shape index (κ1) is 9.94. The molecule has 2 N–H and O–H groups in total. The van der Waals surface area contributed by atoms with Crippen LogP contribution >= 0.6 is 0 Å². The largest absolute Gasteiger partial charge is 0.384 e. The average Bonchev–Trinajstić information content (AvgIpc) is 3.11. The van der Waals surface area contributed by atoms with Gasteiger partial charge in [-0.15, -0.1) is 0 Å². The molecule has 3 nitrogen and oxygen atoms in total. The molecule has 1 aromatic rings. The molecule has 2 aliphatic rings. The summed E-state index contributed by atoms with van der Waals surface area (Å²) in [5, 5.41) is 0. The quantitative estimate of drug-likeness (QED) is 0.822. The van der Waals surface area contributed by atoms with Gasteiger partial charge < -0.3 is 10.6 Å². The average molecular weight is 217 g/mol. The van der Waals surface area contributed by atoms with Gasteiger partial charge >= 0.3 is 0 Å². The maximum absolute atomic E-state index is 5.75. The van der Waals surface area contributed by atoms with Crippen LogP contribution in [0, 0.1) is 11.8 Å². The summed E-state index contributed by atoms with van der Waals surface area (Å²) in [6.07, 6.45) is 7.43. The molecular weight excluding hydrogens is 198 g/mol. The Morgan fingerprint density at radius 2 is 1.81 bits per heavy atom. The van der Waals surface area contributed by atoms with Crippen molar-refractivity contribution in [1.29, 1.82) is 0 Å². The Morgan fingerprint density at radius 1 is 1.19 bits per heavy atom. The molecule has 2 saturated carbocycles. The van der Waals surface area contributed by atoms with Crippen LogP contribution in [0.4, 0.5) is 11.5 Å². The van der Waals surface area contributed by atoms with Crippen molar-refractivity contribution in [2.75, 3.05) is 23.7 Å². The minimum atomic E-state index is 0.633. The molecule has 0 aliphatic heterocycles. The first-order valence-corrected chi connectivity index (χ1v) is 6.28. The first-order valence-electron chi connectivity index (χ1n) is 6.28. The number of hydrogen-bond donors (Lipinski definition) is 1. The van der Waals surface area contributed by atoms with E-state index in [1.807, 2.05) is 12.3 Å². The predicted molar refractivity (Wildman–Crippen MR) is 66.3 cm³/mol. The highest BCUT2D eigenvalue weighted by atomic mass is 15.1. The third-order valence-corrected chi connectivity index (χ3v) is 3.48. The molecule has 0 bridgehead atoms. The van der Waals surface area contributed by atoms with Crippen LogP contribution in [0.2, 0.25) is 0 Å². The van der Waals surface area contributed by atoms with Crippen LogP contribution in [0.3, 0.4) is 0 Å². The Kier molecular flexibility index (Phi) is 2.46. The van der Waals surface area contributed by atoms with Gasteiger partial charge in [0.2, 0.25) is 0 Å². The van der Waals surface area contributed by atoms with Crippen LogP contribution in [-0.4, -0.2) is 18.1 Å². The summed E-state index contributed by atoms with van der Waals surface area (Å²) in [5.41, 5.74) is 7.01. The number of rotatable bonds is 5. The van der Waals surface area contributed by atoms with Crippen molar-refractivity contribution in [3.05, 3.63) is 18.3 Å². The SMILES string of the molecule is Nc1cc(N(CC2CC2)CC2CC2)ccn1. The Hall–Kier alpha value is -1.25. The summed E-state index contributed by atoms with van der Waals surface area (Å²) >= 11 is 0. The van der Waals surface area contributed by atoms with E-state index in [4.69, 9.17) is 5.73 Å². The van der Waals surface area contributed by atoms with E-state index in [1.54, 1.807) is 0 Å². The number of aromatic nitrogens is 1. The molecular formula is C13H19N3. The van der Waals surface area contributed by atoms with Crippen molar-refractivity contribution in [2.45, 2.75) is 25.7 Å². The van der Waals surface area contributed by atoms with E-state index in [0.29, 0.717) is 5.82 Å². The van der Waals surface area contributed by atoms with E-state index in [-0.39, 0.29) is 0 Å². The summed E-state index contributed by atoms with van der Waals surface area (Å²) in [6, 6.07) is 4.09. The van der Waals surface area contributed by atoms with Gasteiger partial charge in [-0.1, -0.05) is 0 Å². The summed E-state index contributed by atoms with van der Waals surface area (Å²) < 4.78 is 0. The fourth-order valence-electron chi connectivity index (χ4n) is 2.14. The minimum Gasteiger partial charge on any atom is -0.384 e. The lowest BCUT2D eigenvalue weighted by Crippen LogP contribution is -2.28. The van der Waals surface area contributed by atoms with Gasteiger partial charge in [0.05, 0.1) is 0 Å². The van der Waals surface area contributed by atoms with Gasteiger partial charge in [-0.05, 0) is 43.6 Å². The van der Waals surface area contributed by atoms with Crippen LogP contribution < -0.4 is 10.6 Å². The molecule has 3 heteroatoms. The second-order valence-electron chi connectivity index (χ2n) is 5.23. The normalized spacial score (nSPS) is 19.8. The highest BCUT2D eigenvalue weighted by Crippen LogP contribution is 2.35. The first-order chi connectivity index (χ1) is 7.81. The van der Waals surface area contributed by atoms with Gasteiger partial charge in [0.1, 0.15) is 5.82 Å². The van der Waals surface area contributed by atoms with E-state index in [9.17, 15) is 0 Å². The Morgan fingerprint density at radius 3 is 2.31 bits per heavy atom. The smallest absolute Gasteiger partial charge is 0.125 e. The van der Waals surface area contributed by atoms with Crippen molar-refractivity contribution in [2.24, 2.45) is 11.8 Å². The number of nitrogens with two attached hydrogens (primary N) is 1.